The summed E-state index contributed by atoms with van der Waals surface area (Å²) < 4.78 is 8.24. The van der Waals surface area contributed by atoms with Gasteiger partial charge in [0.05, 0.1) is 23.8 Å². The van der Waals surface area contributed by atoms with Crippen LogP contribution in [0.2, 0.25) is 4.34 Å². The molecule has 1 aromatic carbocycles. The van der Waals surface area contributed by atoms with Crippen molar-refractivity contribution in [2.24, 2.45) is 0 Å². The number of aromatic nitrogens is 2. The van der Waals surface area contributed by atoms with Crippen LogP contribution in [0.15, 0.2) is 55.1 Å². The monoisotopic (exact) mass is 432 g/mol. The molecule has 29 heavy (non-hydrogen) atoms. The van der Waals surface area contributed by atoms with Gasteiger partial charge in [0.2, 0.25) is 0 Å². The Morgan fingerprint density at radius 1 is 1.28 bits per heavy atom. The van der Waals surface area contributed by atoms with E-state index in [0.717, 1.165) is 33.5 Å². The van der Waals surface area contributed by atoms with Crippen molar-refractivity contribution >= 4 is 29.0 Å². The van der Waals surface area contributed by atoms with Gasteiger partial charge in [0.25, 0.3) is 0 Å². The predicted octanol–water partition coefficient (Wildman–Crippen LogP) is 4.80. The van der Waals surface area contributed by atoms with Crippen molar-refractivity contribution in [2.45, 2.75) is 33.0 Å². The van der Waals surface area contributed by atoms with Crippen molar-refractivity contribution in [1.82, 2.24) is 19.8 Å². The Labute approximate surface area is 180 Å². The Kier molecular flexibility index (Phi) is 7.95. The quantitative estimate of drug-likeness (QED) is 0.500. The Bertz CT molecular complexity index is 880. The summed E-state index contributed by atoms with van der Waals surface area (Å²) in [5.41, 5.74) is 1.06. The second kappa shape index (κ2) is 10.9. The van der Waals surface area contributed by atoms with Crippen molar-refractivity contribution in [3.8, 4) is 5.75 Å². The van der Waals surface area contributed by atoms with Gasteiger partial charge in [0.1, 0.15) is 5.75 Å². The van der Waals surface area contributed by atoms with Crippen molar-refractivity contribution in [1.29, 1.82) is 0 Å². The summed E-state index contributed by atoms with van der Waals surface area (Å²) in [5.74, 6) is 0.835. The minimum Gasteiger partial charge on any atom is -0.494 e. The van der Waals surface area contributed by atoms with E-state index in [1.54, 1.807) is 12.5 Å². The molecule has 1 N–H and O–H groups in total. The number of carbonyl (C=O) groups excluding carboxylic acids is 1. The molecular weight excluding hydrogens is 408 g/mol. The normalized spacial score (nSPS) is 10.7. The molecule has 6 nitrogen and oxygen atoms in total. The van der Waals surface area contributed by atoms with Gasteiger partial charge in [-0.15, -0.1) is 11.3 Å². The highest BCUT2D eigenvalue weighted by Gasteiger charge is 2.14. The van der Waals surface area contributed by atoms with E-state index in [2.05, 4.69) is 10.3 Å². The molecule has 0 saturated heterocycles. The highest BCUT2D eigenvalue weighted by Crippen LogP contribution is 2.21. The molecule has 154 valence electrons. The molecule has 8 heteroatoms. The second-order valence-corrected chi connectivity index (χ2v) is 8.32. The van der Waals surface area contributed by atoms with Gasteiger partial charge >= 0.3 is 6.03 Å². The maximum atomic E-state index is 12.8. The Morgan fingerprint density at radius 3 is 2.76 bits per heavy atom. The van der Waals surface area contributed by atoms with Crippen molar-refractivity contribution in [2.75, 3.05) is 13.2 Å². The summed E-state index contributed by atoms with van der Waals surface area (Å²) in [6, 6.07) is 11.6. The van der Waals surface area contributed by atoms with Crippen LogP contribution in [0.25, 0.3) is 0 Å². The van der Waals surface area contributed by atoms with E-state index in [-0.39, 0.29) is 6.03 Å². The third kappa shape index (κ3) is 6.80. The lowest BCUT2D eigenvalue weighted by Gasteiger charge is -2.23. The first-order valence-electron chi connectivity index (χ1n) is 9.58. The van der Waals surface area contributed by atoms with Crippen molar-refractivity contribution in [3.05, 3.63) is 69.9 Å². The van der Waals surface area contributed by atoms with E-state index in [4.69, 9.17) is 16.3 Å². The summed E-state index contributed by atoms with van der Waals surface area (Å²) in [4.78, 5) is 19.8. The van der Waals surface area contributed by atoms with Crippen molar-refractivity contribution < 1.29 is 9.53 Å². The van der Waals surface area contributed by atoms with E-state index in [0.29, 0.717) is 26.2 Å². The molecule has 0 unspecified atom stereocenters. The largest absolute Gasteiger partial charge is 0.494 e. The lowest BCUT2D eigenvalue weighted by molar-refractivity contribution is 0.193. The number of ether oxygens (including phenoxy) is 1. The summed E-state index contributed by atoms with van der Waals surface area (Å²) >= 11 is 7.45. The Balaban J connectivity index is 1.60. The summed E-state index contributed by atoms with van der Waals surface area (Å²) in [7, 11) is 0. The molecule has 0 aliphatic rings. The number of carbonyl (C=O) groups is 1. The highest BCUT2D eigenvalue weighted by atomic mass is 35.5. The number of aryl methyl sites for hydroxylation is 1. The van der Waals surface area contributed by atoms with Gasteiger partial charge in [-0.2, -0.15) is 0 Å². The van der Waals surface area contributed by atoms with E-state index in [1.807, 2.05) is 59.0 Å². The molecule has 0 saturated carbocycles. The van der Waals surface area contributed by atoms with E-state index in [9.17, 15) is 4.79 Å². The van der Waals surface area contributed by atoms with Crippen LogP contribution in [0, 0.1) is 0 Å². The number of benzene rings is 1. The summed E-state index contributed by atoms with van der Waals surface area (Å²) in [5, 5.41) is 3.00. The Morgan fingerprint density at radius 2 is 2.10 bits per heavy atom. The zero-order chi connectivity index (χ0) is 20.5. The van der Waals surface area contributed by atoms with Gasteiger partial charge in [0.15, 0.2) is 0 Å². The van der Waals surface area contributed by atoms with Gasteiger partial charge in [-0.3, -0.25) is 0 Å². The van der Waals surface area contributed by atoms with Gasteiger partial charge in [-0.25, -0.2) is 9.78 Å². The van der Waals surface area contributed by atoms with Crippen LogP contribution in [-0.4, -0.2) is 33.6 Å². The van der Waals surface area contributed by atoms with Gasteiger partial charge < -0.3 is 19.5 Å². The number of nitrogens with one attached hydrogen (secondary N) is 1. The molecule has 0 radical (unpaired) electrons. The van der Waals surface area contributed by atoms with Gasteiger partial charge in [0, 0.05) is 36.9 Å². The van der Waals surface area contributed by atoms with E-state index < -0.39 is 0 Å². The molecule has 0 aliphatic carbocycles. The molecule has 0 aliphatic heterocycles. The Hall–Kier alpha value is -2.51. The number of hydrogen-bond acceptors (Lipinski definition) is 4. The molecule has 2 aromatic heterocycles. The first kappa shape index (κ1) is 21.2. The van der Waals surface area contributed by atoms with Crippen LogP contribution < -0.4 is 10.1 Å². The lowest BCUT2D eigenvalue weighted by Crippen LogP contribution is -2.39. The van der Waals surface area contributed by atoms with Crippen LogP contribution in [0.5, 0.6) is 5.75 Å². The number of thiophene rings is 1. The number of imidazole rings is 1. The molecular formula is C21H25ClN4O2S. The number of halogens is 1. The third-order valence-electron chi connectivity index (χ3n) is 4.34. The zero-order valence-electron chi connectivity index (χ0n) is 16.4. The number of nitrogens with zero attached hydrogens (tertiary/aromatic N) is 3. The number of rotatable bonds is 10. The van der Waals surface area contributed by atoms with Crippen LogP contribution in [0.4, 0.5) is 4.79 Å². The van der Waals surface area contributed by atoms with E-state index >= 15 is 0 Å². The maximum Gasteiger partial charge on any atom is 0.317 e. The molecule has 2 amide bonds. The fourth-order valence-electron chi connectivity index (χ4n) is 2.91. The fourth-order valence-corrected chi connectivity index (χ4v) is 3.94. The highest BCUT2D eigenvalue weighted by molar-refractivity contribution is 7.16. The van der Waals surface area contributed by atoms with E-state index in [1.165, 1.54) is 11.3 Å². The molecule has 0 spiro atoms. The SMILES string of the molecule is CCOc1ccc(CN(CCCn2ccnc2)C(=O)NCc2ccc(Cl)s2)cc1. The predicted molar refractivity (Wildman–Crippen MR) is 116 cm³/mol. The van der Waals surface area contributed by atoms with Gasteiger partial charge in [-0.05, 0) is 43.2 Å². The lowest BCUT2D eigenvalue weighted by atomic mass is 10.2. The van der Waals surface area contributed by atoms with Gasteiger partial charge in [-0.1, -0.05) is 23.7 Å². The smallest absolute Gasteiger partial charge is 0.317 e. The number of hydrogen-bond donors (Lipinski definition) is 1. The average Bonchev–Trinajstić information content (AvgIpc) is 3.38. The van der Waals surface area contributed by atoms with Crippen LogP contribution in [0.1, 0.15) is 23.8 Å². The second-order valence-electron chi connectivity index (χ2n) is 6.52. The summed E-state index contributed by atoms with van der Waals surface area (Å²) in [6.07, 6.45) is 6.32. The standard InChI is InChI=1S/C21H25ClN4O2S/c1-2-28-18-6-4-17(5-7-18)15-26(12-3-11-25-13-10-23-16-25)21(27)24-14-19-8-9-20(22)29-19/h4-10,13,16H,2-3,11-12,14-15H2,1H3,(H,24,27). The van der Waals surface area contributed by atoms with Crippen LogP contribution >= 0.6 is 22.9 Å². The molecule has 3 rings (SSSR count). The van der Waals surface area contributed by atoms with Crippen LogP contribution in [0.3, 0.4) is 0 Å². The molecule has 3 aromatic rings. The zero-order valence-corrected chi connectivity index (χ0v) is 18.0. The topological polar surface area (TPSA) is 59.4 Å². The molecule has 2 heterocycles. The molecule has 0 atom stereocenters. The number of urea groups is 1. The first-order valence-corrected chi connectivity index (χ1v) is 10.8. The van der Waals surface area contributed by atoms with Crippen molar-refractivity contribution in [3.63, 3.8) is 0 Å². The minimum absolute atomic E-state index is 0.0889. The average molecular weight is 433 g/mol. The summed E-state index contributed by atoms with van der Waals surface area (Å²) in [6.45, 7) is 5.05. The molecule has 0 bridgehead atoms. The fraction of sp³-hybridized carbons (Fsp3) is 0.333. The first-order chi connectivity index (χ1) is 14.1. The minimum atomic E-state index is -0.0889. The maximum absolute atomic E-state index is 12.8. The third-order valence-corrected chi connectivity index (χ3v) is 5.57. The number of amides is 2. The van der Waals surface area contributed by atoms with Crippen LogP contribution in [-0.2, 0) is 19.6 Å². The molecule has 0 fully saturated rings.